The summed E-state index contributed by atoms with van der Waals surface area (Å²) >= 11 is 0. The van der Waals surface area contributed by atoms with E-state index in [9.17, 15) is 4.79 Å². The Morgan fingerprint density at radius 3 is 2.41 bits per heavy atom. The molecule has 0 aliphatic carbocycles. The molecule has 0 saturated heterocycles. The number of hydrogen-bond acceptors (Lipinski definition) is 4. The quantitative estimate of drug-likeness (QED) is 0.449. The van der Waals surface area contributed by atoms with Gasteiger partial charge in [0.2, 0.25) is 0 Å². The molecule has 1 atom stereocenters. The van der Waals surface area contributed by atoms with E-state index in [2.05, 4.69) is 6.92 Å². The van der Waals surface area contributed by atoms with Crippen molar-refractivity contribution < 1.29 is 19.4 Å². The fraction of sp³-hybridized carbons (Fsp3) is 0.923. The third-order valence-corrected chi connectivity index (χ3v) is 2.48. The van der Waals surface area contributed by atoms with Gasteiger partial charge in [-0.3, -0.25) is 4.79 Å². The summed E-state index contributed by atoms with van der Waals surface area (Å²) in [6.07, 6.45) is 6.80. The van der Waals surface area contributed by atoms with Gasteiger partial charge in [0.25, 0.3) is 0 Å². The summed E-state index contributed by atoms with van der Waals surface area (Å²) in [4.78, 5) is 10.7. The maximum atomic E-state index is 10.7. The Hall–Kier alpha value is -0.610. The second-order valence-electron chi connectivity index (χ2n) is 4.26. The van der Waals surface area contributed by atoms with E-state index in [1.165, 1.54) is 39.0 Å². The molecule has 1 N–H and O–H groups in total. The summed E-state index contributed by atoms with van der Waals surface area (Å²) in [6.45, 7) is 4.30. The Kier molecular flexibility index (Phi) is 11.4. The number of aliphatic hydroxyl groups excluding tert-OH is 1. The summed E-state index contributed by atoms with van der Waals surface area (Å²) in [5.74, 6) is -0.382. The van der Waals surface area contributed by atoms with Crippen molar-refractivity contribution in [2.45, 2.75) is 58.5 Å². The van der Waals surface area contributed by atoms with E-state index in [0.717, 1.165) is 6.42 Å². The third-order valence-electron chi connectivity index (χ3n) is 2.48. The predicted octanol–water partition coefficient (Wildman–Crippen LogP) is 2.29. The van der Waals surface area contributed by atoms with Crippen molar-refractivity contribution in [3.05, 3.63) is 0 Å². The Bertz CT molecular complexity index is 182. The van der Waals surface area contributed by atoms with Gasteiger partial charge in [0.05, 0.1) is 13.2 Å². The second-order valence-corrected chi connectivity index (χ2v) is 4.26. The number of ether oxygens (including phenoxy) is 2. The van der Waals surface area contributed by atoms with E-state index in [1.54, 1.807) is 0 Å². The summed E-state index contributed by atoms with van der Waals surface area (Å²) in [5, 5.41) is 8.92. The van der Waals surface area contributed by atoms with Crippen LogP contribution in [0.25, 0.3) is 0 Å². The van der Waals surface area contributed by atoms with Crippen LogP contribution in [-0.4, -0.2) is 37.0 Å². The minimum Gasteiger partial charge on any atom is -0.458 e. The molecule has 0 radical (unpaired) electrons. The SMILES string of the molecule is CCCCCCCCOCC(CO)OC(C)=O. The first-order valence-corrected chi connectivity index (χ1v) is 6.56. The molecule has 0 saturated carbocycles. The topological polar surface area (TPSA) is 55.8 Å². The van der Waals surface area contributed by atoms with Crippen LogP contribution >= 0.6 is 0 Å². The Morgan fingerprint density at radius 2 is 1.82 bits per heavy atom. The lowest BCUT2D eigenvalue weighted by Crippen LogP contribution is -2.26. The van der Waals surface area contributed by atoms with Crippen LogP contribution in [0.15, 0.2) is 0 Å². The first kappa shape index (κ1) is 16.4. The molecule has 0 rings (SSSR count). The van der Waals surface area contributed by atoms with Gasteiger partial charge in [-0.15, -0.1) is 0 Å². The van der Waals surface area contributed by atoms with Gasteiger partial charge in [0, 0.05) is 13.5 Å². The molecule has 17 heavy (non-hydrogen) atoms. The van der Waals surface area contributed by atoms with Crippen LogP contribution in [0.2, 0.25) is 0 Å². The fourth-order valence-corrected chi connectivity index (χ4v) is 1.56. The van der Waals surface area contributed by atoms with Crippen molar-refractivity contribution in [1.29, 1.82) is 0 Å². The minimum absolute atomic E-state index is 0.184. The predicted molar refractivity (Wildman–Crippen MR) is 66.8 cm³/mol. The molecule has 0 aromatic rings. The highest BCUT2D eigenvalue weighted by atomic mass is 16.6. The molecular formula is C13H26O4. The average Bonchev–Trinajstić information content (AvgIpc) is 2.30. The van der Waals surface area contributed by atoms with Crippen LogP contribution < -0.4 is 0 Å². The summed E-state index contributed by atoms with van der Waals surface area (Å²) in [5.41, 5.74) is 0. The van der Waals surface area contributed by atoms with Crippen LogP contribution in [-0.2, 0) is 14.3 Å². The first-order chi connectivity index (χ1) is 8.20. The van der Waals surface area contributed by atoms with E-state index < -0.39 is 6.10 Å². The molecule has 4 nitrogen and oxygen atoms in total. The molecule has 0 bridgehead atoms. The minimum atomic E-state index is -0.521. The van der Waals surface area contributed by atoms with Crippen molar-refractivity contribution in [3.8, 4) is 0 Å². The first-order valence-electron chi connectivity index (χ1n) is 6.56. The fourth-order valence-electron chi connectivity index (χ4n) is 1.56. The Morgan fingerprint density at radius 1 is 1.18 bits per heavy atom. The van der Waals surface area contributed by atoms with Gasteiger partial charge in [0.1, 0.15) is 6.10 Å². The second kappa shape index (κ2) is 11.9. The van der Waals surface area contributed by atoms with E-state index in [1.807, 2.05) is 0 Å². The third kappa shape index (κ3) is 11.6. The molecule has 0 fully saturated rings. The Balaban J connectivity index is 3.28. The van der Waals surface area contributed by atoms with Crippen molar-refractivity contribution in [2.24, 2.45) is 0 Å². The van der Waals surface area contributed by atoms with Crippen molar-refractivity contribution in [2.75, 3.05) is 19.8 Å². The smallest absolute Gasteiger partial charge is 0.303 e. The number of carbonyl (C=O) groups excluding carboxylic acids is 1. The van der Waals surface area contributed by atoms with Gasteiger partial charge in [-0.2, -0.15) is 0 Å². The van der Waals surface area contributed by atoms with Crippen LogP contribution in [0, 0.1) is 0 Å². The van der Waals surface area contributed by atoms with E-state index in [0.29, 0.717) is 6.61 Å². The molecule has 0 aliphatic heterocycles. The summed E-state index contributed by atoms with van der Waals surface area (Å²) in [6, 6.07) is 0. The van der Waals surface area contributed by atoms with Crippen molar-refractivity contribution >= 4 is 5.97 Å². The zero-order chi connectivity index (χ0) is 12.9. The van der Waals surface area contributed by atoms with Gasteiger partial charge in [-0.1, -0.05) is 39.0 Å². The maximum Gasteiger partial charge on any atom is 0.303 e. The van der Waals surface area contributed by atoms with E-state index in [4.69, 9.17) is 14.6 Å². The average molecular weight is 246 g/mol. The highest BCUT2D eigenvalue weighted by Gasteiger charge is 2.10. The van der Waals surface area contributed by atoms with Crippen LogP contribution in [0.5, 0.6) is 0 Å². The molecule has 4 heteroatoms. The Labute approximate surface area is 104 Å². The van der Waals surface area contributed by atoms with Gasteiger partial charge in [-0.05, 0) is 6.42 Å². The lowest BCUT2D eigenvalue weighted by atomic mass is 10.1. The zero-order valence-corrected chi connectivity index (χ0v) is 11.1. The standard InChI is InChI=1S/C13H26O4/c1-3-4-5-6-7-8-9-16-11-13(10-14)17-12(2)15/h13-14H,3-11H2,1-2H3. The lowest BCUT2D eigenvalue weighted by Gasteiger charge is -2.14. The van der Waals surface area contributed by atoms with Crippen LogP contribution in [0.4, 0.5) is 0 Å². The number of carbonyl (C=O) groups is 1. The molecule has 0 heterocycles. The molecular weight excluding hydrogens is 220 g/mol. The van der Waals surface area contributed by atoms with Gasteiger partial charge < -0.3 is 14.6 Å². The number of rotatable bonds is 11. The number of unbranched alkanes of at least 4 members (excludes halogenated alkanes) is 5. The molecule has 1 unspecified atom stereocenters. The maximum absolute atomic E-state index is 10.7. The number of hydrogen-bond donors (Lipinski definition) is 1. The monoisotopic (exact) mass is 246 g/mol. The molecule has 0 amide bonds. The van der Waals surface area contributed by atoms with Gasteiger partial charge >= 0.3 is 5.97 Å². The number of esters is 1. The largest absolute Gasteiger partial charge is 0.458 e. The van der Waals surface area contributed by atoms with E-state index >= 15 is 0 Å². The van der Waals surface area contributed by atoms with Gasteiger partial charge in [-0.25, -0.2) is 0 Å². The van der Waals surface area contributed by atoms with Crippen LogP contribution in [0.3, 0.4) is 0 Å². The molecule has 102 valence electrons. The molecule has 0 aliphatic rings. The number of aliphatic hydroxyl groups is 1. The lowest BCUT2D eigenvalue weighted by molar-refractivity contribution is -0.151. The summed E-state index contributed by atoms with van der Waals surface area (Å²) < 4.78 is 10.2. The zero-order valence-electron chi connectivity index (χ0n) is 11.1. The van der Waals surface area contributed by atoms with Crippen molar-refractivity contribution in [1.82, 2.24) is 0 Å². The summed E-state index contributed by atoms with van der Waals surface area (Å²) in [7, 11) is 0. The highest BCUT2D eigenvalue weighted by molar-refractivity contribution is 5.66. The highest BCUT2D eigenvalue weighted by Crippen LogP contribution is 2.05. The molecule has 0 spiro atoms. The molecule has 0 aromatic carbocycles. The van der Waals surface area contributed by atoms with Gasteiger partial charge in [0.15, 0.2) is 0 Å². The van der Waals surface area contributed by atoms with Crippen molar-refractivity contribution in [3.63, 3.8) is 0 Å². The van der Waals surface area contributed by atoms with Crippen LogP contribution in [0.1, 0.15) is 52.4 Å². The molecule has 0 aromatic heterocycles. The normalized spacial score (nSPS) is 12.4. The van der Waals surface area contributed by atoms with E-state index in [-0.39, 0.29) is 19.2 Å².